The third-order valence-electron chi connectivity index (χ3n) is 3.54. The molecule has 0 atom stereocenters. The van der Waals surface area contributed by atoms with Gasteiger partial charge in [0.25, 0.3) is 0 Å². The Morgan fingerprint density at radius 2 is 1.83 bits per heavy atom. The van der Waals surface area contributed by atoms with Crippen LogP contribution < -0.4 is 10.6 Å². The summed E-state index contributed by atoms with van der Waals surface area (Å²) in [4.78, 5) is 4.78. The van der Waals surface area contributed by atoms with E-state index in [1.165, 1.54) is 5.56 Å². The summed E-state index contributed by atoms with van der Waals surface area (Å²) in [6.07, 6.45) is 0. The van der Waals surface area contributed by atoms with Crippen molar-refractivity contribution in [3.05, 3.63) is 65.5 Å². The van der Waals surface area contributed by atoms with Crippen LogP contribution in [0.15, 0.2) is 60.0 Å². The molecule has 0 saturated carbocycles. The van der Waals surface area contributed by atoms with Gasteiger partial charge < -0.3 is 10.6 Å². The molecule has 3 aromatic rings. The van der Waals surface area contributed by atoms with Gasteiger partial charge in [0.05, 0.1) is 5.69 Å². The van der Waals surface area contributed by atoms with E-state index in [0.717, 1.165) is 28.4 Å². The minimum absolute atomic E-state index is 0.684. The Morgan fingerprint density at radius 1 is 1.04 bits per heavy atom. The Bertz CT molecular complexity index is 812. The Labute approximate surface area is 151 Å². The van der Waals surface area contributed by atoms with Crippen molar-refractivity contribution >= 4 is 28.7 Å². The summed E-state index contributed by atoms with van der Waals surface area (Å²) in [5.41, 5.74) is 4.49. The lowest BCUT2D eigenvalue weighted by Gasteiger charge is -2.09. The maximum absolute atomic E-state index is 5.20. The van der Waals surface area contributed by atoms with Crippen LogP contribution in [0.25, 0.3) is 21.8 Å². The molecule has 0 radical (unpaired) electrons. The molecular formula is C19H19N3S2. The number of nitrogens with zero attached hydrogens (tertiary/aromatic N) is 1. The van der Waals surface area contributed by atoms with E-state index in [-0.39, 0.29) is 0 Å². The summed E-state index contributed by atoms with van der Waals surface area (Å²) in [6.45, 7) is 3.56. The number of aromatic nitrogens is 1. The molecule has 5 heteroatoms. The maximum Gasteiger partial charge on any atom is 0.166 e. The second kappa shape index (κ2) is 8.04. The smallest absolute Gasteiger partial charge is 0.166 e. The first kappa shape index (κ1) is 16.6. The molecule has 0 amide bonds. The van der Waals surface area contributed by atoms with Crippen molar-refractivity contribution in [1.29, 1.82) is 0 Å². The second-order valence-corrected chi connectivity index (χ2v) is 6.58. The highest BCUT2D eigenvalue weighted by molar-refractivity contribution is 7.80. The minimum atomic E-state index is 0.684. The van der Waals surface area contributed by atoms with Crippen molar-refractivity contribution in [3.8, 4) is 21.8 Å². The van der Waals surface area contributed by atoms with Crippen LogP contribution in [0, 0.1) is 0 Å². The first-order chi connectivity index (χ1) is 11.8. The molecule has 0 fully saturated rings. The highest BCUT2D eigenvalue weighted by Gasteiger charge is 2.07. The van der Waals surface area contributed by atoms with E-state index in [2.05, 4.69) is 52.4 Å². The summed E-state index contributed by atoms with van der Waals surface area (Å²) in [5, 5.41) is 10.1. The fourth-order valence-corrected chi connectivity index (χ4v) is 3.41. The SMILES string of the molecule is CCNC(=S)NCc1cccc(-c2nc(-c3ccccc3)cs2)c1. The van der Waals surface area contributed by atoms with Gasteiger partial charge in [-0.1, -0.05) is 48.5 Å². The molecule has 2 aromatic carbocycles. The van der Waals surface area contributed by atoms with Crippen LogP contribution in [0.5, 0.6) is 0 Å². The monoisotopic (exact) mass is 353 g/mol. The van der Waals surface area contributed by atoms with Crippen molar-refractivity contribution in [1.82, 2.24) is 15.6 Å². The van der Waals surface area contributed by atoms with Crippen LogP contribution >= 0.6 is 23.6 Å². The molecule has 0 aliphatic heterocycles. The zero-order valence-electron chi connectivity index (χ0n) is 13.5. The van der Waals surface area contributed by atoms with E-state index < -0.39 is 0 Å². The van der Waals surface area contributed by atoms with Gasteiger partial charge in [0, 0.05) is 29.6 Å². The van der Waals surface area contributed by atoms with Gasteiger partial charge in [-0.15, -0.1) is 11.3 Å². The third-order valence-corrected chi connectivity index (χ3v) is 4.72. The topological polar surface area (TPSA) is 37.0 Å². The molecule has 3 nitrogen and oxygen atoms in total. The summed E-state index contributed by atoms with van der Waals surface area (Å²) < 4.78 is 0. The van der Waals surface area contributed by atoms with Crippen LogP contribution in [-0.4, -0.2) is 16.6 Å². The van der Waals surface area contributed by atoms with Crippen molar-refractivity contribution in [3.63, 3.8) is 0 Å². The van der Waals surface area contributed by atoms with Crippen molar-refractivity contribution in [2.45, 2.75) is 13.5 Å². The van der Waals surface area contributed by atoms with E-state index in [1.807, 2.05) is 25.1 Å². The number of thiazole rings is 1. The average molecular weight is 354 g/mol. The highest BCUT2D eigenvalue weighted by atomic mass is 32.1. The van der Waals surface area contributed by atoms with Crippen molar-refractivity contribution in [2.75, 3.05) is 6.54 Å². The Balaban J connectivity index is 1.75. The van der Waals surface area contributed by atoms with Gasteiger partial charge in [0.2, 0.25) is 0 Å². The molecule has 0 aliphatic carbocycles. The quantitative estimate of drug-likeness (QED) is 0.664. The molecular weight excluding hydrogens is 334 g/mol. The zero-order chi connectivity index (χ0) is 16.8. The lowest BCUT2D eigenvalue weighted by molar-refractivity contribution is 0.855. The first-order valence-corrected chi connectivity index (χ1v) is 9.17. The zero-order valence-corrected chi connectivity index (χ0v) is 15.1. The third kappa shape index (κ3) is 4.19. The molecule has 2 N–H and O–H groups in total. The molecule has 0 saturated heterocycles. The number of rotatable bonds is 5. The molecule has 3 rings (SSSR count). The Morgan fingerprint density at radius 3 is 2.62 bits per heavy atom. The molecule has 1 heterocycles. The highest BCUT2D eigenvalue weighted by Crippen LogP contribution is 2.29. The molecule has 0 aliphatic rings. The average Bonchev–Trinajstić information content (AvgIpc) is 3.11. The van der Waals surface area contributed by atoms with E-state index in [1.54, 1.807) is 11.3 Å². The van der Waals surface area contributed by atoms with Crippen LogP contribution in [0.3, 0.4) is 0 Å². The van der Waals surface area contributed by atoms with Crippen LogP contribution in [-0.2, 0) is 6.54 Å². The van der Waals surface area contributed by atoms with Crippen molar-refractivity contribution in [2.24, 2.45) is 0 Å². The van der Waals surface area contributed by atoms with Gasteiger partial charge in [-0.2, -0.15) is 0 Å². The number of benzene rings is 2. The van der Waals surface area contributed by atoms with Crippen LogP contribution in [0.1, 0.15) is 12.5 Å². The lowest BCUT2D eigenvalue weighted by atomic mass is 10.1. The molecule has 0 bridgehead atoms. The summed E-state index contributed by atoms with van der Waals surface area (Å²) in [5.74, 6) is 0. The fraction of sp³-hybridized carbons (Fsp3) is 0.158. The molecule has 1 aromatic heterocycles. The maximum atomic E-state index is 5.20. The predicted octanol–water partition coefficient (Wildman–Crippen LogP) is 4.46. The number of hydrogen-bond acceptors (Lipinski definition) is 3. The number of thiocarbonyl (C=S) groups is 1. The number of hydrogen-bond donors (Lipinski definition) is 2. The van der Waals surface area contributed by atoms with Gasteiger partial charge in [0.1, 0.15) is 5.01 Å². The summed E-state index contributed by atoms with van der Waals surface area (Å²) >= 11 is 6.87. The van der Waals surface area contributed by atoms with Gasteiger partial charge >= 0.3 is 0 Å². The minimum Gasteiger partial charge on any atom is -0.363 e. The Hall–Kier alpha value is -2.24. The molecule has 0 spiro atoms. The number of nitrogens with one attached hydrogen (secondary N) is 2. The predicted molar refractivity (Wildman–Crippen MR) is 106 cm³/mol. The van der Waals surface area contributed by atoms with Gasteiger partial charge in [-0.05, 0) is 30.8 Å². The van der Waals surface area contributed by atoms with Gasteiger partial charge in [-0.3, -0.25) is 0 Å². The normalized spacial score (nSPS) is 10.4. The molecule has 0 unspecified atom stereocenters. The molecule has 24 heavy (non-hydrogen) atoms. The largest absolute Gasteiger partial charge is 0.363 e. The van der Waals surface area contributed by atoms with Crippen LogP contribution in [0.4, 0.5) is 0 Å². The standard InChI is InChI=1S/C19H19N3S2/c1-2-20-19(23)21-12-14-7-6-10-16(11-14)18-22-17(13-24-18)15-8-4-3-5-9-15/h3-11,13H,2,12H2,1H3,(H2,20,21,23). The lowest BCUT2D eigenvalue weighted by Crippen LogP contribution is -2.34. The van der Waals surface area contributed by atoms with Crippen molar-refractivity contribution < 1.29 is 0 Å². The summed E-state index contributed by atoms with van der Waals surface area (Å²) in [6, 6.07) is 18.7. The Kier molecular flexibility index (Phi) is 5.56. The van der Waals surface area contributed by atoms with Crippen LogP contribution in [0.2, 0.25) is 0 Å². The van der Waals surface area contributed by atoms with Gasteiger partial charge in [0.15, 0.2) is 5.11 Å². The molecule has 122 valence electrons. The van der Waals surface area contributed by atoms with Gasteiger partial charge in [-0.25, -0.2) is 4.98 Å². The first-order valence-electron chi connectivity index (χ1n) is 7.88. The van der Waals surface area contributed by atoms with E-state index in [4.69, 9.17) is 17.2 Å². The second-order valence-electron chi connectivity index (χ2n) is 5.32. The van der Waals surface area contributed by atoms with E-state index >= 15 is 0 Å². The summed E-state index contributed by atoms with van der Waals surface area (Å²) in [7, 11) is 0. The fourth-order valence-electron chi connectivity index (χ4n) is 2.37. The van der Waals surface area contributed by atoms with E-state index in [9.17, 15) is 0 Å². The van der Waals surface area contributed by atoms with E-state index in [0.29, 0.717) is 11.7 Å².